The van der Waals surface area contributed by atoms with Crippen LogP contribution in [0.4, 0.5) is 0 Å². The Bertz CT molecular complexity index is 473. The van der Waals surface area contributed by atoms with Crippen molar-refractivity contribution in [3.8, 4) is 5.75 Å². The van der Waals surface area contributed by atoms with E-state index < -0.39 is 16.9 Å². The van der Waals surface area contributed by atoms with Crippen molar-refractivity contribution >= 4 is 5.97 Å². The van der Waals surface area contributed by atoms with Crippen molar-refractivity contribution in [2.24, 2.45) is 0 Å². The van der Waals surface area contributed by atoms with Crippen molar-refractivity contribution in [2.45, 2.75) is 32.7 Å². The highest BCUT2D eigenvalue weighted by molar-refractivity contribution is 5.75. The third-order valence-electron chi connectivity index (χ3n) is 2.63. The Hall–Kier alpha value is -1.78. The summed E-state index contributed by atoms with van der Waals surface area (Å²) in [6, 6.07) is 1.17. The molecule has 0 aliphatic rings. The van der Waals surface area contributed by atoms with Crippen LogP contribution in [0.1, 0.15) is 26.5 Å². The van der Waals surface area contributed by atoms with Crippen LogP contribution in [0.3, 0.4) is 0 Å². The third kappa shape index (κ3) is 1.80. The van der Waals surface area contributed by atoms with E-state index in [9.17, 15) is 14.7 Å². The topological polar surface area (TPSA) is 79.5 Å². The molecule has 0 aromatic carbocycles. The molecular formula is C11H15NO4. The first kappa shape index (κ1) is 12.3. The molecular weight excluding hydrogens is 210 g/mol. The molecule has 0 spiro atoms. The van der Waals surface area contributed by atoms with Crippen LogP contribution in [0.2, 0.25) is 0 Å². The van der Waals surface area contributed by atoms with Gasteiger partial charge in [-0.25, -0.2) is 4.79 Å². The zero-order valence-corrected chi connectivity index (χ0v) is 9.52. The SMILES string of the molecule is CCc1c(O)c(=O)ccn1C(C)(C)C(=O)O. The molecule has 0 unspecified atom stereocenters. The second-order valence-corrected chi connectivity index (χ2v) is 4.06. The van der Waals surface area contributed by atoms with E-state index in [4.69, 9.17) is 5.11 Å². The van der Waals surface area contributed by atoms with Crippen LogP contribution in [0.15, 0.2) is 17.1 Å². The van der Waals surface area contributed by atoms with Gasteiger partial charge in [0.05, 0.1) is 5.69 Å². The molecule has 1 heterocycles. The van der Waals surface area contributed by atoms with Gasteiger partial charge in [-0.15, -0.1) is 0 Å². The molecule has 0 radical (unpaired) electrons. The first-order valence-electron chi connectivity index (χ1n) is 4.99. The minimum Gasteiger partial charge on any atom is -0.503 e. The number of carbonyl (C=O) groups is 1. The predicted molar refractivity (Wildman–Crippen MR) is 58.7 cm³/mol. The quantitative estimate of drug-likeness (QED) is 0.802. The summed E-state index contributed by atoms with van der Waals surface area (Å²) in [5.41, 5.74) is -1.36. The van der Waals surface area contributed by atoms with Crippen LogP contribution in [-0.4, -0.2) is 20.7 Å². The molecule has 88 valence electrons. The number of aromatic hydroxyl groups is 1. The number of rotatable bonds is 3. The summed E-state index contributed by atoms with van der Waals surface area (Å²) in [7, 11) is 0. The average molecular weight is 225 g/mol. The van der Waals surface area contributed by atoms with Crippen LogP contribution < -0.4 is 5.43 Å². The Morgan fingerprint density at radius 1 is 1.50 bits per heavy atom. The number of aromatic nitrogens is 1. The summed E-state index contributed by atoms with van der Waals surface area (Å²) in [5, 5.41) is 18.7. The molecule has 0 atom stereocenters. The molecule has 0 bridgehead atoms. The first-order chi connectivity index (χ1) is 7.32. The molecule has 1 rings (SSSR count). The Labute approximate surface area is 93.0 Å². The van der Waals surface area contributed by atoms with Gasteiger partial charge in [0.15, 0.2) is 5.75 Å². The predicted octanol–water partition coefficient (Wildman–Crippen LogP) is 0.936. The molecule has 5 heteroatoms. The Morgan fingerprint density at radius 2 is 2.06 bits per heavy atom. The van der Waals surface area contributed by atoms with Crippen LogP contribution in [0, 0.1) is 0 Å². The van der Waals surface area contributed by atoms with Crippen LogP contribution in [-0.2, 0) is 16.8 Å². The molecule has 0 aliphatic carbocycles. The van der Waals surface area contributed by atoms with Crippen molar-refractivity contribution in [1.82, 2.24) is 4.57 Å². The van der Waals surface area contributed by atoms with Gasteiger partial charge in [-0.2, -0.15) is 0 Å². The lowest BCUT2D eigenvalue weighted by molar-refractivity contribution is -0.145. The van der Waals surface area contributed by atoms with Crippen molar-refractivity contribution in [3.63, 3.8) is 0 Å². The zero-order chi connectivity index (χ0) is 12.5. The molecule has 0 saturated heterocycles. The van der Waals surface area contributed by atoms with Crippen molar-refractivity contribution in [2.75, 3.05) is 0 Å². The number of hydrogen-bond donors (Lipinski definition) is 2. The smallest absolute Gasteiger partial charge is 0.329 e. The van der Waals surface area contributed by atoms with Gasteiger partial charge in [-0.3, -0.25) is 4.79 Å². The first-order valence-corrected chi connectivity index (χ1v) is 4.99. The number of carboxylic acid groups (broad SMARTS) is 1. The van der Waals surface area contributed by atoms with Crippen LogP contribution >= 0.6 is 0 Å². The highest BCUT2D eigenvalue weighted by Gasteiger charge is 2.31. The molecule has 16 heavy (non-hydrogen) atoms. The summed E-state index contributed by atoms with van der Waals surface area (Å²) in [6.07, 6.45) is 1.79. The summed E-state index contributed by atoms with van der Waals surface area (Å²) in [4.78, 5) is 22.3. The fourth-order valence-corrected chi connectivity index (χ4v) is 1.53. The number of carboxylic acids is 1. The number of aliphatic carboxylic acids is 1. The molecule has 5 nitrogen and oxygen atoms in total. The molecule has 0 saturated carbocycles. The molecule has 1 aromatic rings. The fourth-order valence-electron chi connectivity index (χ4n) is 1.53. The maximum Gasteiger partial charge on any atom is 0.329 e. The van der Waals surface area contributed by atoms with E-state index in [0.717, 1.165) is 0 Å². The second kappa shape index (κ2) is 4.00. The molecule has 0 aliphatic heterocycles. The highest BCUT2D eigenvalue weighted by atomic mass is 16.4. The molecule has 2 N–H and O–H groups in total. The second-order valence-electron chi connectivity index (χ2n) is 4.06. The minimum absolute atomic E-state index is 0.333. The third-order valence-corrected chi connectivity index (χ3v) is 2.63. The summed E-state index contributed by atoms with van der Waals surface area (Å²) in [5.74, 6) is -1.40. The van der Waals surface area contributed by atoms with Crippen molar-refractivity contribution in [3.05, 3.63) is 28.2 Å². The van der Waals surface area contributed by atoms with Gasteiger partial charge >= 0.3 is 5.97 Å². The monoisotopic (exact) mass is 225 g/mol. The van der Waals surface area contributed by atoms with Gasteiger partial charge in [0.1, 0.15) is 5.54 Å². The number of hydrogen-bond acceptors (Lipinski definition) is 3. The van der Waals surface area contributed by atoms with Gasteiger partial charge in [0, 0.05) is 12.3 Å². The van der Waals surface area contributed by atoms with E-state index in [0.29, 0.717) is 12.1 Å². The molecule has 1 aromatic heterocycles. The van der Waals surface area contributed by atoms with E-state index in [1.165, 1.54) is 30.7 Å². The molecule has 0 fully saturated rings. The largest absolute Gasteiger partial charge is 0.503 e. The molecule has 0 amide bonds. The maximum absolute atomic E-state index is 11.2. The Kier molecular flexibility index (Phi) is 3.07. The summed E-state index contributed by atoms with van der Waals surface area (Å²) < 4.78 is 1.41. The van der Waals surface area contributed by atoms with Crippen LogP contribution in [0.5, 0.6) is 5.75 Å². The highest BCUT2D eigenvalue weighted by Crippen LogP contribution is 2.22. The lowest BCUT2D eigenvalue weighted by Gasteiger charge is -2.26. The lowest BCUT2D eigenvalue weighted by atomic mass is 10.0. The van der Waals surface area contributed by atoms with Crippen LogP contribution in [0.25, 0.3) is 0 Å². The number of pyridine rings is 1. The summed E-state index contributed by atoms with van der Waals surface area (Å²) in [6.45, 7) is 4.78. The van der Waals surface area contributed by atoms with E-state index >= 15 is 0 Å². The minimum atomic E-state index is -1.20. The van der Waals surface area contributed by atoms with Gasteiger partial charge in [-0.05, 0) is 20.3 Å². The van der Waals surface area contributed by atoms with Gasteiger partial charge in [0.2, 0.25) is 5.43 Å². The zero-order valence-electron chi connectivity index (χ0n) is 9.52. The normalized spacial score (nSPS) is 11.4. The summed E-state index contributed by atoms with van der Waals surface area (Å²) >= 11 is 0. The Balaban J connectivity index is 3.52. The van der Waals surface area contributed by atoms with E-state index in [-0.39, 0.29) is 5.75 Å². The lowest BCUT2D eigenvalue weighted by Crippen LogP contribution is -2.37. The average Bonchev–Trinajstić information content (AvgIpc) is 2.21. The number of nitrogens with zero attached hydrogens (tertiary/aromatic N) is 1. The Morgan fingerprint density at radius 3 is 2.50 bits per heavy atom. The van der Waals surface area contributed by atoms with Gasteiger partial charge < -0.3 is 14.8 Å². The van der Waals surface area contributed by atoms with Gasteiger partial charge in [-0.1, -0.05) is 6.92 Å². The van der Waals surface area contributed by atoms with E-state index in [2.05, 4.69) is 0 Å². The van der Waals surface area contributed by atoms with Crippen molar-refractivity contribution in [1.29, 1.82) is 0 Å². The van der Waals surface area contributed by atoms with Gasteiger partial charge in [0.25, 0.3) is 0 Å². The van der Waals surface area contributed by atoms with E-state index in [1.807, 2.05) is 0 Å². The van der Waals surface area contributed by atoms with E-state index in [1.54, 1.807) is 6.92 Å². The fraction of sp³-hybridized carbons (Fsp3) is 0.455. The maximum atomic E-state index is 11.2. The standard InChI is InChI=1S/C11H15NO4/c1-4-7-9(14)8(13)5-6-12(7)11(2,3)10(15)16/h5-6,14H,4H2,1-3H3,(H,15,16). The van der Waals surface area contributed by atoms with Crippen molar-refractivity contribution < 1.29 is 15.0 Å².